The Morgan fingerprint density at radius 1 is 1.38 bits per heavy atom. The van der Waals surface area contributed by atoms with Crippen LogP contribution >= 0.6 is 0 Å². The van der Waals surface area contributed by atoms with Gasteiger partial charge in [-0.3, -0.25) is 0 Å². The smallest absolute Gasteiger partial charge is 0.326 e. The first-order valence-corrected chi connectivity index (χ1v) is 5.69. The first kappa shape index (κ1) is 12.8. The summed E-state index contributed by atoms with van der Waals surface area (Å²) in [6.45, 7) is 3.47. The summed E-state index contributed by atoms with van der Waals surface area (Å²) in [7, 11) is 1.50. The summed E-state index contributed by atoms with van der Waals surface area (Å²) in [5.41, 5.74) is 0. The molecule has 0 spiro atoms. The van der Waals surface area contributed by atoms with Crippen LogP contribution in [-0.4, -0.2) is 41.1 Å². The van der Waals surface area contributed by atoms with Crippen LogP contribution in [-0.2, 0) is 4.79 Å². The molecule has 0 bridgehead atoms. The summed E-state index contributed by atoms with van der Waals surface area (Å²) < 4.78 is 0. The van der Waals surface area contributed by atoms with E-state index in [0.29, 0.717) is 5.92 Å². The van der Waals surface area contributed by atoms with Crippen molar-refractivity contribution >= 4 is 12.0 Å². The second-order valence-electron chi connectivity index (χ2n) is 4.55. The number of carbonyl (C=O) groups is 2. The van der Waals surface area contributed by atoms with E-state index in [1.165, 1.54) is 25.3 Å². The quantitative estimate of drug-likeness (QED) is 0.761. The minimum atomic E-state index is -0.992. The van der Waals surface area contributed by atoms with Gasteiger partial charge in [0.05, 0.1) is 0 Å². The van der Waals surface area contributed by atoms with Crippen molar-refractivity contribution in [3.63, 3.8) is 0 Å². The van der Waals surface area contributed by atoms with Crippen molar-refractivity contribution in [3.8, 4) is 0 Å². The van der Waals surface area contributed by atoms with Crippen LogP contribution in [0, 0.1) is 5.92 Å². The zero-order valence-corrected chi connectivity index (χ0v) is 10.1. The van der Waals surface area contributed by atoms with Gasteiger partial charge in [-0.25, -0.2) is 9.59 Å². The molecule has 1 saturated carbocycles. The third kappa shape index (κ3) is 2.87. The van der Waals surface area contributed by atoms with Crippen LogP contribution in [0.25, 0.3) is 0 Å². The Balaban J connectivity index is 2.41. The van der Waals surface area contributed by atoms with Crippen LogP contribution in [0.5, 0.6) is 0 Å². The van der Waals surface area contributed by atoms with E-state index in [9.17, 15) is 9.59 Å². The van der Waals surface area contributed by atoms with E-state index in [-0.39, 0.29) is 12.1 Å². The number of aliphatic carboxylic acids is 1. The second kappa shape index (κ2) is 5.18. The lowest BCUT2D eigenvalue weighted by Crippen LogP contribution is -2.50. The third-order valence-corrected chi connectivity index (χ3v) is 3.47. The number of nitrogens with one attached hydrogen (secondary N) is 1. The van der Waals surface area contributed by atoms with E-state index in [1.54, 1.807) is 0 Å². The predicted octanol–water partition coefficient (Wildman–Crippen LogP) is 1.29. The van der Waals surface area contributed by atoms with Crippen molar-refractivity contribution in [1.29, 1.82) is 0 Å². The SMILES string of the molecule is CC(NC(=O)N(C)C(C)C(=O)O)C1CCC1. The highest BCUT2D eigenvalue weighted by Gasteiger charge is 2.28. The van der Waals surface area contributed by atoms with E-state index in [2.05, 4.69) is 5.32 Å². The summed E-state index contributed by atoms with van der Waals surface area (Å²) >= 11 is 0. The fraction of sp³-hybridized carbons (Fsp3) is 0.818. The van der Waals surface area contributed by atoms with Gasteiger partial charge >= 0.3 is 12.0 Å². The van der Waals surface area contributed by atoms with Gasteiger partial charge in [0.2, 0.25) is 0 Å². The number of carbonyl (C=O) groups excluding carboxylic acids is 1. The van der Waals surface area contributed by atoms with Crippen molar-refractivity contribution < 1.29 is 14.7 Å². The van der Waals surface area contributed by atoms with E-state index >= 15 is 0 Å². The van der Waals surface area contributed by atoms with Gasteiger partial charge in [-0.15, -0.1) is 0 Å². The van der Waals surface area contributed by atoms with E-state index < -0.39 is 12.0 Å². The summed E-state index contributed by atoms with van der Waals surface area (Å²) in [5, 5.41) is 11.6. The number of hydrogen-bond donors (Lipinski definition) is 2. The number of likely N-dealkylation sites (N-methyl/N-ethyl adjacent to an activating group) is 1. The lowest BCUT2D eigenvalue weighted by molar-refractivity contribution is -0.141. The lowest BCUT2D eigenvalue weighted by atomic mass is 9.80. The molecule has 1 aliphatic rings. The Kier molecular flexibility index (Phi) is 4.15. The number of urea groups is 1. The van der Waals surface area contributed by atoms with Crippen molar-refractivity contribution in [3.05, 3.63) is 0 Å². The molecule has 5 nitrogen and oxygen atoms in total. The normalized spacial score (nSPS) is 19.4. The number of carboxylic acid groups (broad SMARTS) is 1. The molecule has 92 valence electrons. The van der Waals surface area contributed by atoms with E-state index in [4.69, 9.17) is 5.11 Å². The molecule has 0 radical (unpaired) electrons. The molecule has 16 heavy (non-hydrogen) atoms. The summed E-state index contributed by atoms with van der Waals surface area (Å²) in [6, 6.07) is -0.979. The molecule has 2 amide bonds. The first-order chi connectivity index (χ1) is 7.43. The molecule has 5 heteroatoms. The topological polar surface area (TPSA) is 69.6 Å². The summed E-state index contributed by atoms with van der Waals surface area (Å²) in [4.78, 5) is 23.6. The molecule has 0 heterocycles. The Morgan fingerprint density at radius 3 is 2.31 bits per heavy atom. The van der Waals surface area contributed by atoms with Gasteiger partial charge in [-0.2, -0.15) is 0 Å². The predicted molar refractivity (Wildman–Crippen MR) is 60.2 cm³/mol. The summed E-state index contributed by atoms with van der Waals surface area (Å²) in [6.07, 6.45) is 3.53. The van der Waals surface area contributed by atoms with Crippen LogP contribution in [0.3, 0.4) is 0 Å². The largest absolute Gasteiger partial charge is 0.480 e. The van der Waals surface area contributed by atoms with Gasteiger partial charge in [0.1, 0.15) is 6.04 Å². The molecule has 2 atom stereocenters. The second-order valence-corrected chi connectivity index (χ2v) is 4.55. The maximum Gasteiger partial charge on any atom is 0.326 e. The number of nitrogens with zero attached hydrogens (tertiary/aromatic N) is 1. The molecule has 0 aromatic heterocycles. The minimum absolute atomic E-state index is 0.129. The number of rotatable bonds is 4. The molecule has 0 aliphatic heterocycles. The zero-order chi connectivity index (χ0) is 12.3. The van der Waals surface area contributed by atoms with Gasteiger partial charge in [0.15, 0.2) is 0 Å². The molecule has 1 fully saturated rings. The number of hydrogen-bond acceptors (Lipinski definition) is 2. The highest BCUT2D eigenvalue weighted by molar-refractivity contribution is 5.82. The lowest BCUT2D eigenvalue weighted by Gasteiger charge is -2.33. The third-order valence-electron chi connectivity index (χ3n) is 3.47. The van der Waals surface area contributed by atoms with E-state index in [0.717, 1.165) is 12.8 Å². The van der Waals surface area contributed by atoms with E-state index in [1.807, 2.05) is 6.92 Å². The number of carboxylic acids is 1. The van der Waals surface area contributed by atoms with Gasteiger partial charge in [0, 0.05) is 13.1 Å². The Hall–Kier alpha value is -1.26. The summed E-state index contributed by atoms with van der Waals surface area (Å²) in [5.74, 6) is -0.438. The standard InChI is InChI=1S/C11H20N2O3/c1-7(9-5-4-6-9)12-11(16)13(3)8(2)10(14)15/h7-9H,4-6H2,1-3H3,(H,12,16)(H,14,15). The Bertz CT molecular complexity index is 276. The molecular formula is C11H20N2O3. The Morgan fingerprint density at radius 2 is 1.94 bits per heavy atom. The van der Waals surface area contributed by atoms with Gasteiger partial charge < -0.3 is 15.3 Å². The van der Waals surface area contributed by atoms with Gasteiger partial charge in [-0.1, -0.05) is 6.42 Å². The van der Waals surface area contributed by atoms with Crippen molar-refractivity contribution in [2.45, 2.75) is 45.2 Å². The molecule has 1 rings (SSSR count). The zero-order valence-electron chi connectivity index (χ0n) is 10.1. The fourth-order valence-electron chi connectivity index (χ4n) is 1.70. The van der Waals surface area contributed by atoms with Gasteiger partial charge in [-0.05, 0) is 32.6 Å². The molecule has 1 aliphatic carbocycles. The molecule has 0 aromatic carbocycles. The Labute approximate surface area is 95.8 Å². The van der Waals surface area contributed by atoms with Crippen LogP contribution in [0.4, 0.5) is 4.79 Å². The average Bonchev–Trinajstić information content (AvgIpc) is 2.12. The molecule has 2 N–H and O–H groups in total. The average molecular weight is 228 g/mol. The fourth-order valence-corrected chi connectivity index (χ4v) is 1.70. The van der Waals surface area contributed by atoms with Crippen molar-refractivity contribution in [2.24, 2.45) is 5.92 Å². The number of amides is 2. The molecular weight excluding hydrogens is 208 g/mol. The van der Waals surface area contributed by atoms with Gasteiger partial charge in [0.25, 0.3) is 0 Å². The highest BCUT2D eigenvalue weighted by atomic mass is 16.4. The first-order valence-electron chi connectivity index (χ1n) is 5.69. The van der Waals surface area contributed by atoms with Crippen LogP contribution in [0.1, 0.15) is 33.1 Å². The minimum Gasteiger partial charge on any atom is -0.480 e. The van der Waals surface area contributed by atoms with Crippen molar-refractivity contribution in [1.82, 2.24) is 10.2 Å². The molecule has 2 unspecified atom stereocenters. The van der Waals surface area contributed by atoms with Crippen molar-refractivity contribution in [2.75, 3.05) is 7.05 Å². The van der Waals surface area contributed by atoms with Crippen LogP contribution in [0.15, 0.2) is 0 Å². The highest BCUT2D eigenvalue weighted by Crippen LogP contribution is 2.29. The van der Waals surface area contributed by atoms with Crippen LogP contribution < -0.4 is 5.32 Å². The molecule has 0 aromatic rings. The maximum absolute atomic E-state index is 11.7. The maximum atomic E-state index is 11.7. The van der Waals surface area contributed by atoms with Crippen LogP contribution in [0.2, 0.25) is 0 Å². The molecule has 0 saturated heterocycles. The monoisotopic (exact) mass is 228 g/mol.